The summed E-state index contributed by atoms with van der Waals surface area (Å²) in [6.45, 7) is 9.53. The highest BCUT2D eigenvalue weighted by atomic mass is 16.4. The summed E-state index contributed by atoms with van der Waals surface area (Å²) >= 11 is 0. The van der Waals surface area contributed by atoms with E-state index in [1.165, 1.54) is 25.7 Å². The Kier molecular flexibility index (Phi) is 4.99. The minimum atomic E-state index is -0.756. The number of hydrogen-bond donors (Lipinski definition) is 2. The molecule has 1 aliphatic carbocycles. The third kappa shape index (κ3) is 4.66. The van der Waals surface area contributed by atoms with Gasteiger partial charge in [0.15, 0.2) is 0 Å². The van der Waals surface area contributed by atoms with E-state index >= 15 is 0 Å². The van der Waals surface area contributed by atoms with Crippen LogP contribution in [0.4, 0.5) is 0 Å². The van der Waals surface area contributed by atoms with Crippen molar-refractivity contribution >= 4 is 5.97 Å². The van der Waals surface area contributed by atoms with E-state index in [9.17, 15) is 4.79 Å². The lowest BCUT2D eigenvalue weighted by molar-refractivity contribution is -0.139. The molecule has 17 heavy (non-hydrogen) atoms. The molecule has 1 unspecified atom stereocenters. The third-order valence-electron chi connectivity index (χ3n) is 4.15. The standard InChI is InChI=1S/C14H27NO2/c1-10(13(16)17)15-9-11-5-7-12(8-6-11)14(2,3)4/h10-12,15H,5-9H2,1-4H3,(H,16,17). The van der Waals surface area contributed by atoms with Gasteiger partial charge >= 0.3 is 5.97 Å². The number of carbonyl (C=O) groups is 1. The summed E-state index contributed by atoms with van der Waals surface area (Å²) in [4.78, 5) is 10.7. The largest absolute Gasteiger partial charge is 0.480 e. The van der Waals surface area contributed by atoms with Gasteiger partial charge in [0.2, 0.25) is 0 Å². The molecule has 1 rings (SSSR count). The van der Waals surface area contributed by atoms with Gasteiger partial charge in [0.1, 0.15) is 6.04 Å². The lowest BCUT2D eigenvalue weighted by Gasteiger charge is -2.37. The average Bonchev–Trinajstić information content (AvgIpc) is 2.25. The first kappa shape index (κ1) is 14.5. The van der Waals surface area contributed by atoms with Crippen molar-refractivity contribution in [1.29, 1.82) is 0 Å². The van der Waals surface area contributed by atoms with Gasteiger partial charge in [0.25, 0.3) is 0 Å². The van der Waals surface area contributed by atoms with Gasteiger partial charge in [-0.15, -0.1) is 0 Å². The van der Waals surface area contributed by atoms with Crippen molar-refractivity contribution in [3.63, 3.8) is 0 Å². The van der Waals surface area contributed by atoms with Crippen LogP contribution < -0.4 is 5.32 Å². The minimum absolute atomic E-state index is 0.421. The normalized spacial score (nSPS) is 27.8. The van der Waals surface area contributed by atoms with E-state index in [0.29, 0.717) is 11.3 Å². The number of rotatable bonds is 4. The molecule has 0 radical (unpaired) electrons. The van der Waals surface area contributed by atoms with Crippen LogP contribution in [0.5, 0.6) is 0 Å². The van der Waals surface area contributed by atoms with Crippen LogP contribution in [0.15, 0.2) is 0 Å². The maximum Gasteiger partial charge on any atom is 0.320 e. The van der Waals surface area contributed by atoms with Crippen LogP contribution in [-0.4, -0.2) is 23.7 Å². The summed E-state index contributed by atoms with van der Waals surface area (Å²) in [5, 5.41) is 11.9. The van der Waals surface area contributed by atoms with Gasteiger partial charge in [-0.3, -0.25) is 4.79 Å². The highest BCUT2D eigenvalue weighted by Gasteiger charge is 2.29. The van der Waals surface area contributed by atoms with Gasteiger partial charge in [-0.05, 0) is 56.4 Å². The molecule has 1 aliphatic rings. The van der Waals surface area contributed by atoms with E-state index in [-0.39, 0.29) is 0 Å². The van der Waals surface area contributed by atoms with Gasteiger partial charge < -0.3 is 10.4 Å². The number of hydrogen-bond acceptors (Lipinski definition) is 2. The quantitative estimate of drug-likeness (QED) is 0.795. The Morgan fingerprint density at radius 2 is 1.82 bits per heavy atom. The molecule has 0 heterocycles. The number of nitrogens with one attached hydrogen (secondary N) is 1. The van der Waals surface area contributed by atoms with Crippen LogP contribution in [0, 0.1) is 17.3 Å². The summed E-state index contributed by atoms with van der Waals surface area (Å²) in [6.07, 6.45) is 5.05. The molecule has 0 spiro atoms. The Balaban J connectivity index is 2.26. The Morgan fingerprint density at radius 1 is 1.29 bits per heavy atom. The van der Waals surface area contributed by atoms with E-state index in [4.69, 9.17) is 5.11 Å². The smallest absolute Gasteiger partial charge is 0.320 e. The molecule has 1 fully saturated rings. The maximum absolute atomic E-state index is 10.7. The summed E-state index contributed by atoms with van der Waals surface area (Å²) in [7, 11) is 0. The fourth-order valence-electron chi connectivity index (χ4n) is 2.66. The molecular weight excluding hydrogens is 214 g/mol. The van der Waals surface area contributed by atoms with Crippen LogP contribution in [-0.2, 0) is 4.79 Å². The summed E-state index contributed by atoms with van der Waals surface area (Å²) in [6, 6.07) is -0.421. The molecule has 0 aromatic carbocycles. The highest BCUT2D eigenvalue weighted by Crippen LogP contribution is 2.39. The molecule has 0 amide bonds. The van der Waals surface area contributed by atoms with Crippen LogP contribution in [0.2, 0.25) is 0 Å². The molecular formula is C14H27NO2. The first-order valence-electron chi connectivity index (χ1n) is 6.77. The maximum atomic E-state index is 10.7. The first-order chi connectivity index (χ1) is 7.80. The van der Waals surface area contributed by atoms with Crippen molar-refractivity contribution in [3.05, 3.63) is 0 Å². The average molecular weight is 241 g/mol. The van der Waals surface area contributed by atoms with Crippen molar-refractivity contribution in [2.45, 2.75) is 59.4 Å². The summed E-state index contributed by atoms with van der Waals surface area (Å²) in [5.41, 5.74) is 0.423. The fraction of sp³-hybridized carbons (Fsp3) is 0.929. The molecule has 2 N–H and O–H groups in total. The Bertz CT molecular complexity index is 249. The molecule has 100 valence electrons. The topological polar surface area (TPSA) is 49.3 Å². The molecule has 0 aliphatic heterocycles. The lowest BCUT2D eigenvalue weighted by Crippen LogP contribution is -2.38. The predicted octanol–water partition coefficient (Wildman–Crippen LogP) is 2.90. The molecule has 1 atom stereocenters. The van der Waals surface area contributed by atoms with Gasteiger partial charge in [0, 0.05) is 0 Å². The third-order valence-corrected chi connectivity index (χ3v) is 4.15. The molecule has 3 heteroatoms. The molecule has 0 bridgehead atoms. The van der Waals surface area contributed by atoms with Gasteiger partial charge in [-0.1, -0.05) is 20.8 Å². The van der Waals surface area contributed by atoms with Crippen molar-refractivity contribution < 1.29 is 9.90 Å². The monoisotopic (exact) mass is 241 g/mol. The van der Waals surface area contributed by atoms with E-state index < -0.39 is 12.0 Å². The Morgan fingerprint density at radius 3 is 2.24 bits per heavy atom. The van der Waals surface area contributed by atoms with Crippen molar-refractivity contribution in [2.75, 3.05) is 6.54 Å². The number of carboxylic acids is 1. The summed E-state index contributed by atoms with van der Waals surface area (Å²) < 4.78 is 0. The molecule has 0 saturated heterocycles. The zero-order chi connectivity index (χ0) is 13.1. The van der Waals surface area contributed by atoms with Gasteiger partial charge in [-0.25, -0.2) is 0 Å². The van der Waals surface area contributed by atoms with E-state index in [2.05, 4.69) is 26.1 Å². The van der Waals surface area contributed by atoms with E-state index in [1.807, 2.05) is 0 Å². The SMILES string of the molecule is CC(NCC1CCC(C(C)(C)C)CC1)C(=O)O. The van der Waals surface area contributed by atoms with Gasteiger partial charge in [-0.2, -0.15) is 0 Å². The van der Waals surface area contributed by atoms with Crippen molar-refractivity contribution in [1.82, 2.24) is 5.32 Å². The number of aliphatic carboxylic acids is 1. The molecule has 1 saturated carbocycles. The Labute approximate surface area is 105 Å². The molecule has 0 aromatic heterocycles. The second kappa shape index (κ2) is 5.85. The van der Waals surface area contributed by atoms with E-state index in [1.54, 1.807) is 6.92 Å². The van der Waals surface area contributed by atoms with Crippen molar-refractivity contribution in [2.24, 2.45) is 17.3 Å². The first-order valence-corrected chi connectivity index (χ1v) is 6.77. The second-order valence-corrected chi connectivity index (χ2v) is 6.55. The van der Waals surface area contributed by atoms with E-state index in [0.717, 1.165) is 12.5 Å². The zero-order valence-corrected chi connectivity index (χ0v) is 11.6. The van der Waals surface area contributed by atoms with Crippen molar-refractivity contribution in [3.8, 4) is 0 Å². The molecule has 0 aromatic rings. The van der Waals surface area contributed by atoms with Crippen LogP contribution in [0.1, 0.15) is 53.4 Å². The van der Waals surface area contributed by atoms with Crippen LogP contribution in [0.25, 0.3) is 0 Å². The Hall–Kier alpha value is -0.570. The predicted molar refractivity (Wildman–Crippen MR) is 70.0 cm³/mol. The summed E-state index contributed by atoms with van der Waals surface area (Å²) in [5.74, 6) is 0.736. The minimum Gasteiger partial charge on any atom is -0.480 e. The van der Waals surface area contributed by atoms with Crippen LogP contribution >= 0.6 is 0 Å². The molecule has 3 nitrogen and oxygen atoms in total. The van der Waals surface area contributed by atoms with Gasteiger partial charge in [0.05, 0.1) is 0 Å². The highest BCUT2D eigenvalue weighted by molar-refractivity contribution is 5.72. The lowest BCUT2D eigenvalue weighted by atomic mass is 9.70. The van der Waals surface area contributed by atoms with Crippen LogP contribution in [0.3, 0.4) is 0 Å². The zero-order valence-electron chi connectivity index (χ0n) is 11.6. The number of carboxylic acid groups (broad SMARTS) is 1. The fourth-order valence-corrected chi connectivity index (χ4v) is 2.66. The second-order valence-electron chi connectivity index (χ2n) is 6.55.